The molecule has 2 aromatic rings. The Labute approximate surface area is 215 Å². The molecule has 2 rings (SSSR count). The normalized spacial score (nSPS) is 16.0. The number of hydrogen-bond donors (Lipinski definition) is 7. The summed E-state index contributed by atoms with van der Waals surface area (Å²) in [5.41, 5.74) is 7.27. The number of hydrogen-bond acceptors (Lipinski definition) is 7. The lowest BCUT2D eigenvalue weighted by Gasteiger charge is -2.30. The molecule has 0 saturated carbocycles. The van der Waals surface area contributed by atoms with E-state index in [0.717, 1.165) is 0 Å². The van der Waals surface area contributed by atoms with Crippen LogP contribution in [0.1, 0.15) is 51.9 Å². The fraction of sp³-hybridized carbons (Fsp3) is 0.583. The number of aromatic amines is 2. The Balaban J connectivity index is 2.13. The third kappa shape index (κ3) is 8.70. The monoisotopic (exact) mass is 518 g/mol. The van der Waals surface area contributed by atoms with Crippen LogP contribution in [0.2, 0.25) is 0 Å². The van der Waals surface area contributed by atoms with Gasteiger partial charge in [-0.05, 0) is 11.8 Å². The maximum Gasteiger partial charge on any atom is 0.326 e. The Hall–Kier alpha value is -3.74. The van der Waals surface area contributed by atoms with E-state index < -0.39 is 47.9 Å². The van der Waals surface area contributed by atoms with E-state index in [4.69, 9.17) is 5.73 Å². The SMILES string of the molecule is CCC(C)C(NC(=O)C(N)Cc1cnc[nH]1)C(=O)NC(C(=O)NC(Cc1cnc[nH]1)C(=O)O)C(C)CC. The molecule has 0 spiro atoms. The van der Waals surface area contributed by atoms with E-state index in [-0.39, 0.29) is 24.7 Å². The quantitative estimate of drug-likeness (QED) is 0.169. The third-order valence-electron chi connectivity index (χ3n) is 6.51. The zero-order valence-corrected chi connectivity index (χ0v) is 21.7. The Morgan fingerprint density at radius 3 is 1.73 bits per heavy atom. The molecule has 0 saturated heterocycles. The topological polar surface area (TPSA) is 208 Å². The van der Waals surface area contributed by atoms with Gasteiger partial charge in [-0.1, -0.05) is 40.5 Å². The van der Waals surface area contributed by atoms with Gasteiger partial charge in [-0.3, -0.25) is 14.4 Å². The number of aromatic nitrogens is 4. The highest BCUT2D eigenvalue weighted by Gasteiger charge is 2.34. The summed E-state index contributed by atoms with van der Waals surface area (Å²) in [5.74, 6) is -3.45. The smallest absolute Gasteiger partial charge is 0.326 e. The van der Waals surface area contributed by atoms with Crippen LogP contribution >= 0.6 is 0 Å². The van der Waals surface area contributed by atoms with Crippen molar-refractivity contribution in [1.29, 1.82) is 0 Å². The van der Waals surface area contributed by atoms with Crippen molar-refractivity contribution < 1.29 is 24.3 Å². The van der Waals surface area contributed by atoms with Crippen molar-refractivity contribution >= 4 is 23.7 Å². The van der Waals surface area contributed by atoms with Crippen LogP contribution in [0.4, 0.5) is 0 Å². The molecule has 0 aliphatic heterocycles. The number of carboxylic acids is 1. The molecule has 13 nitrogen and oxygen atoms in total. The van der Waals surface area contributed by atoms with Crippen molar-refractivity contribution in [1.82, 2.24) is 35.9 Å². The van der Waals surface area contributed by atoms with Crippen LogP contribution < -0.4 is 21.7 Å². The number of carbonyl (C=O) groups excluding carboxylic acids is 3. The number of imidazole rings is 2. The van der Waals surface area contributed by atoms with Crippen molar-refractivity contribution in [2.24, 2.45) is 17.6 Å². The third-order valence-corrected chi connectivity index (χ3v) is 6.51. The zero-order valence-electron chi connectivity index (χ0n) is 21.7. The maximum atomic E-state index is 13.3. The Morgan fingerprint density at radius 2 is 1.30 bits per heavy atom. The van der Waals surface area contributed by atoms with Gasteiger partial charge in [0, 0.05) is 36.6 Å². The summed E-state index contributed by atoms with van der Waals surface area (Å²) in [4.78, 5) is 64.5. The largest absolute Gasteiger partial charge is 0.480 e. The fourth-order valence-corrected chi connectivity index (χ4v) is 3.71. The molecule has 37 heavy (non-hydrogen) atoms. The van der Waals surface area contributed by atoms with Crippen LogP contribution in [0.3, 0.4) is 0 Å². The van der Waals surface area contributed by atoms with Gasteiger partial charge in [0.2, 0.25) is 17.7 Å². The van der Waals surface area contributed by atoms with E-state index in [9.17, 15) is 24.3 Å². The van der Waals surface area contributed by atoms with Crippen molar-refractivity contribution in [2.45, 2.75) is 77.5 Å². The molecule has 2 aromatic heterocycles. The van der Waals surface area contributed by atoms with Gasteiger partial charge >= 0.3 is 5.97 Å². The molecule has 6 atom stereocenters. The number of aliphatic carboxylic acids is 1. The molecule has 2 heterocycles. The van der Waals surface area contributed by atoms with Gasteiger partial charge in [0.15, 0.2) is 0 Å². The van der Waals surface area contributed by atoms with E-state index in [1.807, 2.05) is 20.8 Å². The molecule has 0 aliphatic carbocycles. The minimum absolute atomic E-state index is 0.00200. The van der Waals surface area contributed by atoms with Gasteiger partial charge in [0.1, 0.15) is 18.1 Å². The molecule has 0 bridgehead atoms. The summed E-state index contributed by atoms with van der Waals surface area (Å²) in [6, 6.07) is -4.08. The van der Waals surface area contributed by atoms with E-state index in [2.05, 4.69) is 35.9 Å². The number of carboxylic acid groups (broad SMARTS) is 1. The summed E-state index contributed by atoms with van der Waals surface area (Å²) in [6.07, 6.45) is 7.30. The summed E-state index contributed by atoms with van der Waals surface area (Å²) < 4.78 is 0. The number of amides is 3. The number of H-pyrrole nitrogens is 2. The first-order chi connectivity index (χ1) is 17.6. The molecule has 8 N–H and O–H groups in total. The molecule has 0 aromatic carbocycles. The predicted molar refractivity (Wildman–Crippen MR) is 135 cm³/mol. The number of carbonyl (C=O) groups is 4. The van der Waals surface area contributed by atoms with Gasteiger partial charge in [0.05, 0.1) is 18.7 Å². The number of nitrogens with one attached hydrogen (secondary N) is 5. The summed E-state index contributed by atoms with van der Waals surface area (Å²) in [6.45, 7) is 7.34. The van der Waals surface area contributed by atoms with Crippen molar-refractivity contribution in [3.8, 4) is 0 Å². The van der Waals surface area contributed by atoms with Crippen molar-refractivity contribution in [3.05, 3.63) is 36.4 Å². The van der Waals surface area contributed by atoms with E-state index >= 15 is 0 Å². The Morgan fingerprint density at radius 1 is 0.838 bits per heavy atom. The highest BCUT2D eigenvalue weighted by Crippen LogP contribution is 2.13. The zero-order chi connectivity index (χ0) is 27.5. The second kappa shape index (κ2) is 14.1. The predicted octanol–water partition coefficient (Wildman–Crippen LogP) is -0.123. The lowest BCUT2D eigenvalue weighted by atomic mass is 9.94. The second-order valence-corrected chi connectivity index (χ2v) is 9.31. The summed E-state index contributed by atoms with van der Waals surface area (Å²) in [5, 5.41) is 17.6. The van der Waals surface area contributed by atoms with Crippen LogP contribution in [0, 0.1) is 11.8 Å². The average Bonchev–Trinajstić information content (AvgIpc) is 3.58. The molecule has 3 amide bonds. The molecule has 0 radical (unpaired) electrons. The van der Waals surface area contributed by atoms with Gasteiger partial charge in [0.25, 0.3) is 0 Å². The summed E-state index contributed by atoms with van der Waals surface area (Å²) in [7, 11) is 0. The number of nitrogens with zero attached hydrogens (tertiary/aromatic N) is 2. The van der Waals surface area contributed by atoms with Crippen LogP contribution in [0.15, 0.2) is 25.0 Å². The maximum absolute atomic E-state index is 13.3. The molecule has 13 heteroatoms. The molecular weight excluding hydrogens is 480 g/mol. The second-order valence-electron chi connectivity index (χ2n) is 9.31. The standard InChI is InChI=1S/C24H38N8O5/c1-5-13(3)19(22(34)30-18(24(36)37)8-16-10-27-12-29-16)32-23(35)20(14(4)6-2)31-21(33)17(25)7-15-9-26-11-28-15/h9-14,17-20H,5-8,25H2,1-4H3,(H,26,28)(H,27,29)(H,30,34)(H,31,33)(H,32,35)(H,36,37). The van der Waals surface area contributed by atoms with Crippen molar-refractivity contribution in [2.75, 3.05) is 0 Å². The first kappa shape index (κ1) is 29.5. The molecule has 0 aliphatic rings. The first-order valence-corrected chi connectivity index (χ1v) is 12.4. The molecular formula is C24H38N8O5. The number of nitrogens with two attached hydrogens (primary N) is 1. The van der Waals surface area contributed by atoms with Gasteiger partial charge in [-0.15, -0.1) is 0 Å². The van der Waals surface area contributed by atoms with E-state index in [1.165, 1.54) is 18.9 Å². The van der Waals surface area contributed by atoms with Crippen LogP contribution in [-0.4, -0.2) is 72.9 Å². The van der Waals surface area contributed by atoms with E-state index in [0.29, 0.717) is 24.2 Å². The molecule has 6 unspecified atom stereocenters. The Bertz CT molecular complexity index is 1010. The molecule has 204 valence electrons. The Kier molecular flexibility index (Phi) is 11.2. The minimum Gasteiger partial charge on any atom is -0.480 e. The lowest BCUT2D eigenvalue weighted by molar-refractivity contribution is -0.142. The van der Waals surface area contributed by atoms with Gasteiger partial charge in [-0.25, -0.2) is 14.8 Å². The number of rotatable bonds is 15. The summed E-state index contributed by atoms with van der Waals surface area (Å²) >= 11 is 0. The van der Waals surface area contributed by atoms with Gasteiger partial charge < -0.3 is 36.8 Å². The van der Waals surface area contributed by atoms with Crippen LogP contribution in [0.25, 0.3) is 0 Å². The highest BCUT2D eigenvalue weighted by molar-refractivity contribution is 5.94. The first-order valence-electron chi connectivity index (χ1n) is 12.4. The van der Waals surface area contributed by atoms with Crippen LogP contribution in [-0.2, 0) is 32.0 Å². The van der Waals surface area contributed by atoms with Crippen molar-refractivity contribution in [3.63, 3.8) is 0 Å². The fourth-order valence-electron chi connectivity index (χ4n) is 3.71. The molecule has 0 fully saturated rings. The minimum atomic E-state index is -1.22. The highest BCUT2D eigenvalue weighted by atomic mass is 16.4. The van der Waals surface area contributed by atoms with Crippen LogP contribution in [0.5, 0.6) is 0 Å². The average molecular weight is 519 g/mol. The van der Waals surface area contributed by atoms with E-state index in [1.54, 1.807) is 13.1 Å². The lowest BCUT2D eigenvalue weighted by Crippen LogP contribution is -2.60. The van der Waals surface area contributed by atoms with Gasteiger partial charge in [-0.2, -0.15) is 0 Å².